The maximum absolute atomic E-state index is 13.1. The molecule has 2 aromatic rings. The van der Waals surface area contributed by atoms with E-state index in [-0.39, 0.29) is 36.3 Å². The van der Waals surface area contributed by atoms with Gasteiger partial charge in [-0.15, -0.1) is 0 Å². The minimum absolute atomic E-state index is 0.0692. The maximum Gasteiger partial charge on any atom is 0.306 e. The molecule has 172 valence electrons. The fourth-order valence-electron chi connectivity index (χ4n) is 4.23. The van der Waals surface area contributed by atoms with Crippen LogP contribution in [0.3, 0.4) is 0 Å². The standard InChI is InChI=1S/C24H23NO8/c1-29-21(27)11-16(14-2-5-18-19(10-14)32-13-31-18)22-17(26)4-3-15-23(28)20(33-24(15)22)12-25-6-8-30-9-7-25/h2-5,10,12,16,26H,6-9,11,13H2,1H3/b20-12-/t16-/m0/s1. The second-order valence-electron chi connectivity index (χ2n) is 7.89. The van der Waals surface area contributed by atoms with Crippen LogP contribution < -0.4 is 14.2 Å². The van der Waals surface area contributed by atoms with Crippen LogP contribution in [0.15, 0.2) is 42.3 Å². The predicted octanol–water partition coefficient (Wildman–Crippen LogP) is 2.56. The van der Waals surface area contributed by atoms with Crippen molar-refractivity contribution >= 4 is 11.8 Å². The lowest BCUT2D eigenvalue weighted by atomic mass is 9.86. The zero-order valence-electron chi connectivity index (χ0n) is 18.0. The molecule has 0 bridgehead atoms. The summed E-state index contributed by atoms with van der Waals surface area (Å²) >= 11 is 0. The van der Waals surface area contributed by atoms with Gasteiger partial charge in [-0.1, -0.05) is 6.07 Å². The lowest BCUT2D eigenvalue weighted by Gasteiger charge is -2.25. The Bertz CT molecular complexity index is 1140. The minimum atomic E-state index is -0.641. The number of aromatic hydroxyl groups is 1. The first-order valence-corrected chi connectivity index (χ1v) is 10.6. The normalized spacial score (nSPS) is 18.8. The molecular weight excluding hydrogens is 430 g/mol. The molecule has 3 aliphatic heterocycles. The van der Waals surface area contributed by atoms with Crippen molar-refractivity contribution in [1.29, 1.82) is 0 Å². The number of rotatable bonds is 5. The summed E-state index contributed by atoms with van der Waals surface area (Å²) in [5.74, 6) is 0.0772. The molecule has 33 heavy (non-hydrogen) atoms. The van der Waals surface area contributed by atoms with E-state index in [0.29, 0.717) is 54.5 Å². The van der Waals surface area contributed by atoms with Crippen LogP contribution in [0.1, 0.15) is 33.8 Å². The van der Waals surface area contributed by atoms with Crippen molar-refractivity contribution in [3.63, 3.8) is 0 Å². The highest BCUT2D eigenvalue weighted by Gasteiger charge is 2.36. The van der Waals surface area contributed by atoms with Crippen LogP contribution >= 0.6 is 0 Å². The van der Waals surface area contributed by atoms with E-state index in [9.17, 15) is 14.7 Å². The van der Waals surface area contributed by atoms with Crippen LogP contribution in [-0.2, 0) is 14.3 Å². The number of fused-ring (bicyclic) bond motifs is 2. The summed E-state index contributed by atoms with van der Waals surface area (Å²) in [6.45, 7) is 2.55. The van der Waals surface area contributed by atoms with Gasteiger partial charge in [0, 0.05) is 30.8 Å². The Hall–Kier alpha value is -3.72. The molecule has 0 aliphatic carbocycles. The van der Waals surface area contributed by atoms with E-state index in [4.69, 9.17) is 23.7 Å². The number of benzene rings is 2. The first-order chi connectivity index (χ1) is 16.0. The van der Waals surface area contributed by atoms with Gasteiger partial charge in [0.05, 0.1) is 32.3 Å². The average molecular weight is 453 g/mol. The molecular formula is C24H23NO8. The van der Waals surface area contributed by atoms with Gasteiger partial charge in [-0.05, 0) is 29.8 Å². The molecule has 2 aromatic carbocycles. The summed E-state index contributed by atoms with van der Waals surface area (Å²) in [5.41, 5.74) is 1.36. The number of Topliss-reactive ketones (excluding diaryl/α,β-unsaturated/α-hetero) is 1. The van der Waals surface area contributed by atoms with Crippen molar-refractivity contribution in [2.45, 2.75) is 12.3 Å². The van der Waals surface area contributed by atoms with Crippen molar-refractivity contribution in [2.24, 2.45) is 0 Å². The van der Waals surface area contributed by atoms with E-state index in [0.717, 1.165) is 0 Å². The molecule has 0 amide bonds. The molecule has 1 N–H and O–H groups in total. The monoisotopic (exact) mass is 453 g/mol. The number of hydrogen-bond donors (Lipinski definition) is 1. The Morgan fingerprint density at radius 3 is 2.76 bits per heavy atom. The number of esters is 1. The van der Waals surface area contributed by atoms with Gasteiger partial charge in [-0.25, -0.2) is 0 Å². The summed E-state index contributed by atoms with van der Waals surface area (Å²) in [6.07, 6.45) is 1.61. The molecule has 9 heteroatoms. The van der Waals surface area contributed by atoms with Gasteiger partial charge < -0.3 is 33.7 Å². The minimum Gasteiger partial charge on any atom is -0.508 e. The largest absolute Gasteiger partial charge is 0.508 e. The SMILES string of the molecule is COC(=O)C[C@@H](c1ccc2c(c1)OCO2)c1c(O)ccc2c1O/C(=C\N1CCOCC1)C2=O. The van der Waals surface area contributed by atoms with E-state index in [1.807, 2.05) is 4.90 Å². The van der Waals surface area contributed by atoms with Crippen LogP contribution in [0.25, 0.3) is 0 Å². The van der Waals surface area contributed by atoms with Crippen molar-refractivity contribution < 1.29 is 38.4 Å². The highest BCUT2D eigenvalue weighted by Crippen LogP contribution is 2.47. The number of nitrogens with zero attached hydrogens (tertiary/aromatic N) is 1. The summed E-state index contributed by atoms with van der Waals surface area (Å²) in [6, 6.07) is 8.28. The van der Waals surface area contributed by atoms with Crippen molar-refractivity contribution in [3.8, 4) is 23.0 Å². The molecule has 5 rings (SSSR count). The number of morpholine rings is 1. The van der Waals surface area contributed by atoms with Crippen LogP contribution in [0.2, 0.25) is 0 Å². The van der Waals surface area contributed by atoms with E-state index < -0.39 is 11.9 Å². The zero-order chi connectivity index (χ0) is 22.9. The molecule has 3 aliphatic rings. The molecule has 0 aromatic heterocycles. The van der Waals surface area contributed by atoms with Crippen LogP contribution in [-0.4, -0.2) is 62.0 Å². The quantitative estimate of drug-likeness (QED) is 0.540. The van der Waals surface area contributed by atoms with Crippen LogP contribution in [0.4, 0.5) is 0 Å². The smallest absolute Gasteiger partial charge is 0.306 e. The van der Waals surface area contributed by atoms with E-state index in [2.05, 4.69) is 0 Å². The molecule has 1 atom stereocenters. The predicted molar refractivity (Wildman–Crippen MR) is 115 cm³/mol. The Labute approximate surface area is 190 Å². The third-order valence-corrected chi connectivity index (χ3v) is 5.94. The zero-order valence-corrected chi connectivity index (χ0v) is 18.0. The van der Waals surface area contributed by atoms with Crippen LogP contribution in [0, 0.1) is 0 Å². The Morgan fingerprint density at radius 2 is 1.97 bits per heavy atom. The van der Waals surface area contributed by atoms with Crippen molar-refractivity contribution in [2.75, 3.05) is 40.2 Å². The highest BCUT2D eigenvalue weighted by molar-refractivity contribution is 6.12. The van der Waals surface area contributed by atoms with Gasteiger partial charge in [-0.2, -0.15) is 0 Å². The number of methoxy groups -OCH3 is 1. The van der Waals surface area contributed by atoms with Gasteiger partial charge in [0.15, 0.2) is 17.3 Å². The Balaban J connectivity index is 1.57. The van der Waals surface area contributed by atoms with E-state index in [1.54, 1.807) is 24.4 Å². The lowest BCUT2D eigenvalue weighted by Crippen LogP contribution is -2.32. The van der Waals surface area contributed by atoms with Gasteiger partial charge in [-0.3, -0.25) is 9.59 Å². The summed E-state index contributed by atoms with van der Waals surface area (Å²) < 4.78 is 27.1. The van der Waals surface area contributed by atoms with E-state index >= 15 is 0 Å². The number of phenolic OH excluding ortho intramolecular Hbond substituents is 1. The second kappa shape index (κ2) is 8.67. The summed E-state index contributed by atoms with van der Waals surface area (Å²) in [7, 11) is 1.30. The topological polar surface area (TPSA) is 104 Å². The molecule has 0 spiro atoms. The van der Waals surface area contributed by atoms with Crippen molar-refractivity contribution in [1.82, 2.24) is 4.90 Å². The van der Waals surface area contributed by atoms with Gasteiger partial charge in [0.25, 0.3) is 0 Å². The molecule has 1 saturated heterocycles. The number of ether oxygens (including phenoxy) is 5. The number of ketones is 1. The first kappa shape index (κ1) is 21.1. The molecule has 9 nitrogen and oxygen atoms in total. The Kier molecular flexibility index (Phi) is 5.55. The van der Waals surface area contributed by atoms with Crippen molar-refractivity contribution in [3.05, 3.63) is 59.0 Å². The van der Waals surface area contributed by atoms with Crippen LogP contribution in [0.5, 0.6) is 23.0 Å². The number of phenols is 1. The van der Waals surface area contributed by atoms with Gasteiger partial charge in [0.1, 0.15) is 11.5 Å². The molecule has 0 saturated carbocycles. The highest BCUT2D eigenvalue weighted by atomic mass is 16.7. The number of carbonyl (C=O) groups is 2. The Morgan fingerprint density at radius 1 is 1.18 bits per heavy atom. The maximum atomic E-state index is 13.1. The average Bonchev–Trinajstić information content (AvgIpc) is 3.42. The molecule has 1 fully saturated rings. The van der Waals surface area contributed by atoms with Gasteiger partial charge in [0.2, 0.25) is 12.6 Å². The fourth-order valence-corrected chi connectivity index (χ4v) is 4.23. The number of carbonyl (C=O) groups excluding carboxylic acids is 2. The summed E-state index contributed by atoms with van der Waals surface area (Å²) in [4.78, 5) is 27.3. The number of allylic oxidation sites excluding steroid dienone is 1. The molecule has 0 unspecified atom stereocenters. The number of hydrogen-bond acceptors (Lipinski definition) is 9. The fraction of sp³-hybridized carbons (Fsp3) is 0.333. The second-order valence-corrected chi connectivity index (χ2v) is 7.89. The van der Waals surface area contributed by atoms with E-state index in [1.165, 1.54) is 19.2 Å². The summed E-state index contributed by atoms with van der Waals surface area (Å²) in [5, 5.41) is 10.8. The third kappa shape index (κ3) is 3.95. The first-order valence-electron chi connectivity index (χ1n) is 10.6. The van der Waals surface area contributed by atoms with Gasteiger partial charge >= 0.3 is 5.97 Å². The third-order valence-electron chi connectivity index (χ3n) is 5.94. The molecule has 0 radical (unpaired) electrons. The molecule has 3 heterocycles. The lowest BCUT2D eigenvalue weighted by molar-refractivity contribution is -0.140.